The summed E-state index contributed by atoms with van der Waals surface area (Å²) < 4.78 is 5.27. The quantitative estimate of drug-likeness (QED) is 0.324. The lowest BCUT2D eigenvalue weighted by molar-refractivity contribution is -0.490. The number of Topliss-reactive ketones (excluding diaryl/α,β-unsaturated/α-hetero) is 1. The van der Waals surface area contributed by atoms with Crippen molar-refractivity contribution in [2.24, 2.45) is 17.8 Å². The molecule has 1 aromatic heterocycles. The Hall–Kier alpha value is -2.54. The van der Waals surface area contributed by atoms with E-state index in [4.69, 9.17) is 16.3 Å². The number of aromatic nitrogens is 1. The minimum Gasteiger partial charge on any atom is -0.461 e. The van der Waals surface area contributed by atoms with E-state index in [9.17, 15) is 19.7 Å². The summed E-state index contributed by atoms with van der Waals surface area (Å²) in [7, 11) is 0. The van der Waals surface area contributed by atoms with Gasteiger partial charge in [0.25, 0.3) is 0 Å². The third kappa shape index (κ3) is 4.42. The number of ether oxygens (including phenoxy) is 1. The topological polar surface area (TPSA) is 99.4 Å². The van der Waals surface area contributed by atoms with Crippen molar-refractivity contribution >= 4 is 34.3 Å². The van der Waals surface area contributed by atoms with Crippen LogP contribution in [0.2, 0.25) is 5.15 Å². The van der Waals surface area contributed by atoms with E-state index in [0.717, 1.165) is 10.9 Å². The molecule has 1 aliphatic carbocycles. The smallest absolute Gasteiger partial charge is 0.306 e. The van der Waals surface area contributed by atoms with Crippen molar-refractivity contribution < 1.29 is 19.2 Å². The third-order valence-corrected chi connectivity index (χ3v) is 5.40. The lowest BCUT2D eigenvalue weighted by Crippen LogP contribution is -2.27. The second-order valence-electron chi connectivity index (χ2n) is 6.93. The Morgan fingerprint density at radius 3 is 2.89 bits per heavy atom. The van der Waals surface area contributed by atoms with Crippen molar-refractivity contribution in [3.63, 3.8) is 0 Å². The summed E-state index contributed by atoms with van der Waals surface area (Å²) in [6.07, 6.45) is 0.108. The fourth-order valence-corrected chi connectivity index (χ4v) is 3.83. The number of fused-ring (bicyclic) bond motifs is 1. The van der Waals surface area contributed by atoms with E-state index in [1.165, 1.54) is 0 Å². The van der Waals surface area contributed by atoms with E-state index in [1.807, 2.05) is 24.3 Å². The summed E-state index contributed by atoms with van der Waals surface area (Å²) in [5.41, 5.74) is 1.31. The van der Waals surface area contributed by atoms with Crippen molar-refractivity contribution in [2.75, 3.05) is 6.54 Å². The van der Waals surface area contributed by atoms with Crippen LogP contribution in [0, 0.1) is 27.9 Å². The Balaban J connectivity index is 1.65. The molecule has 0 unspecified atom stereocenters. The number of benzene rings is 1. The summed E-state index contributed by atoms with van der Waals surface area (Å²) in [6.45, 7) is 1.43. The highest BCUT2D eigenvalue weighted by atomic mass is 35.5. The van der Waals surface area contributed by atoms with Crippen LogP contribution >= 0.6 is 11.6 Å². The molecule has 1 heterocycles. The number of esters is 1. The number of nitrogens with zero attached hydrogens (tertiary/aromatic N) is 2. The zero-order chi connectivity index (χ0) is 19.6. The van der Waals surface area contributed by atoms with Gasteiger partial charge in [0.1, 0.15) is 17.5 Å². The van der Waals surface area contributed by atoms with E-state index in [1.54, 1.807) is 13.0 Å². The highest BCUT2D eigenvalue weighted by Crippen LogP contribution is 2.36. The number of nitro groups is 1. The Morgan fingerprint density at radius 1 is 1.41 bits per heavy atom. The number of para-hydroxylation sites is 1. The van der Waals surface area contributed by atoms with Gasteiger partial charge in [-0.15, -0.1) is 0 Å². The molecule has 7 nitrogen and oxygen atoms in total. The molecule has 1 fully saturated rings. The second-order valence-corrected chi connectivity index (χ2v) is 7.29. The first-order valence-corrected chi connectivity index (χ1v) is 9.07. The van der Waals surface area contributed by atoms with Gasteiger partial charge in [-0.3, -0.25) is 19.7 Å². The van der Waals surface area contributed by atoms with Crippen molar-refractivity contribution in [3.05, 3.63) is 51.2 Å². The number of hydrogen-bond donors (Lipinski definition) is 0. The van der Waals surface area contributed by atoms with E-state index >= 15 is 0 Å². The predicted molar refractivity (Wildman–Crippen MR) is 98.8 cm³/mol. The van der Waals surface area contributed by atoms with Gasteiger partial charge in [0.05, 0.1) is 11.9 Å². The molecule has 1 saturated carbocycles. The van der Waals surface area contributed by atoms with Crippen molar-refractivity contribution in [1.82, 2.24) is 4.98 Å². The van der Waals surface area contributed by atoms with Crippen LogP contribution in [0.4, 0.5) is 0 Å². The molecule has 1 aliphatic rings. The van der Waals surface area contributed by atoms with Gasteiger partial charge in [-0.1, -0.05) is 36.7 Å². The summed E-state index contributed by atoms with van der Waals surface area (Å²) in [4.78, 5) is 39.0. The number of hydrogen-bond acceptors (Lipinski definition) is 6. The van der Waals surface area contributed by atoms with Gasteiger partial charge in [0.2, 0.25) is 6.54 Å². The highest BCUT2D eigenvalue weighted by molar-refractivity contribution is 6.30. The van der Waals surface area contributed by atoms with Crippen LogP contribution < -0.4 is 0 Å². The fraction of sp³-hybridized carbons (Fsp3) is 0.421. The minimum atomic E-state index is -0.664. The first kappa shape index (κ1) is 19.2. The molecule has 0 saturated heterocycles. The first-order chi connectivity index (χ1) is 12.8. The molecule has 27 heavy (non-hydrogen) atoms. The van der Waals surface area contributed by atoms with Gasteiger partial charge in [-0.05, 0) is 18.1 Å². The molecule has 0 radical (unpaired) electrons. The number of rotatable bonds is 6. The largest absolute Gasteiger partial charge is 0.461 e. The molecule has 142 valence electrons. The summed E-state index contributed by atoms with van der Waals surface area (Å²) >= 11 is 6.15. The molecule has 3 rings (SSSR count). The molecule has 0 bridgehead atoms. The van der Waals surface area contributed by atoms with E-state index in [0.29, 0.717) is 5.56 Å². The first-order valence-electron chi connectivity index (χ1n) is 8.69. The van der Waals surface area contributed by atoms with Gasteiger partial charge in [-0.2, -0.15) is 0 Å². The Labute approximate surface area is 160 Å². The lowest BCUT2D eigenvalue weighted by Gasteiger charge is -2.17. The Bertz CT molecular complexity index is 901. The molecule has 0 N–H and O–H groups in total. The average Bonchev–Trinajstić information content (AvgIpc) is 2.86. The average molecular weight is 391 g/mol. The van der Waals surface area contributed by atoms with Gasteiger partial charge in [-0.25, -0.2) is 4.98 Å². The van der Waals surface area contributed by atoms with E-state index < -0.39 is 22.7 Å². The molecule has 2 aromatic rings. The standard InChI is InChI=1S/C19H19ClN2O5/c1-11-6-17(23)14(15(11)9-22(25)26)8-18(24)27-10-13-7-12-4-2-3-5-16(12)21-19(13)20/h2-5,7,11,14-15H,6,8-10H2,1H3/t11-,14-,15+/m0/s1. The lowest BCUT2D eigenvalue weighted by atomic mass is 9.88. The van der Waals surface area contributed by atoms with E-state index in [-0.39, 0.29) is 42.8 Å². The molecule has 8 heteroatoms. The fourth-order valence-electron chi connectivity index (χ4n) is 3.63. The third-order valence-electron chi connectivity index (χ3n) is 5.07. The van der Waals surface area contributed by atoms with E-state index in [2.05, 4.69) is 4.98 Å². The maximum Gasteiger partial charge on any atom is 0.306 e. The number of carbonyl (C=O) groups excluding carboxylic acids is 2. The summed E-state index contributed by atoms with van der Waals surface area (Å²) in [5.74, 6) is -1.90. The molecule has 0 amide bonds. The van der Waals surface area contributed by atoms with Crippen molar-refractivity contribution in [3.8, 4) is 0 Å². The van der Waals surface area contributed by atoms with Gasteiger partial charge >= 0.3 is 5.97 Å². The van der Waals surface area contributed by atoms with Gasteiger partial charge in [0.15, 0.2) is 0 Å². The minimum absolute atomic E-state index is 0.0636. The van der Waals surface area contributed by atoms with Crippen LogP contribution in [0.25, 0.3) is 10.9 Å². The van der Waals surface area contributed by atoms with Crippen LogP contribution in [0.3, 0.4) is 0 Å². The number of halogens is 1. The summed E-state index contributed by atoms with van der Waals surface area (Å²) in [6, 6.07) is 9.24. The Morgan fingerprint density at radius 2 is 2.15 bits per heavy atom. The number of pyridine rings is 1. The Kier molecular flexibility index (Phi) is 5.70. The van der Waals surface area contributed by atoms with Crippen LogP contribution in [-0.2, 0) is 20.9 Å². The number of carbonyl (C=O) groups is 2. The second kappa shape index (κ2) is 8.00. The SMILES string of the molecule is C[C@H]1CC(=O)[C@@H](CC(=O)OCc2cc3ccccc3nc2Cl)[C@@H]1C[N+](=O)[O-]. The van der Waals surface area contributed by atoms with Crippen LogP contribution in [0.1, 0.15) is 25.3 Å². The van der Waals surface area contributed by atoms with Crippen LogP contribution in [0.15, 0.2) is 30.3 Å². The maximum absolute atomic E-state index is 12.2. The van der Waals surface area contributed by atoms with Crippen molar-refractivity contribution in [1.29, 1.82) is 0 Å². The highest BCUT2D eigenvalue weighted by Gasteiger charge is 2.44. The van der Waals surface area contributed by atoms with Gasteiger partial charge < -0.3 is 4.74 Å². The van der Waals surface area contributed by atoms with Gasteiger partial charge in [0, 0.05) is 34.1 Å². The normalized spacial score (nSPS) is 22.1. The predicted octanol–water partition coefficient (Wildman–Crippen LogP) is 3.44. The van der Waals surface area contributed by atoms with Crippen molar-refractivity contribution in [2.45, 2.75) is 26.4 Å². The zero-order valence-electron chi connectivity index (χ0n) is 14.8. The molecular formula is C19H19ClN2O5. The van der Waals surface area contributed by atoms with Crippen LogP contribution in [0.5, 0.6) is 0 Å². The molecule has 0 aliphatic heterocycles. The zero-order valence-corrected chi connectivity index (χ0v) is 15.5. The molecule has 0 spiro atoms. The molecule has 1 aromatic carbocycles. The van der Waals surface area contributed by atoms with Crippen LogP contribution in [-0.4, -0.2) is 28.2 Å². The maximum atomic E-state index is 12.2. The monoisotopic (exact) mass is 390 g/mol. The molecule has 3 atom stereocenters. The molecular weight excluding hydrogens is 372 g/mol. The number of ketones is 1. The summed E-state index contributed by atoms with van der Waals surface area (Å²) in [5, 5.41) is 12.0.